The first-order valence-electron chi connectivity index (χ1n) is 9.96. The maximum absolute atomic E-state index is 6.36. The van der Waals surface area contributed by atoms with E-state index in [1.54, 1.807) is 0 Å². The smallest absolute Gasteiger partial charge is 0.191 e. The van der Waals surface area contributed by atoms with Gasteiger partial charge in [-0.2, -0.15) is 0 Å². The zero-order valence-corrected chi connectivity index (χ0v) is 19.6. The predicted molar refractivity (Wildman–Crippen MR) is 119 cm³/mol. The molecule has 26 heavy (non-hydrogen) atoms. The Labute approximate surface area is 163 Å². The summed E-state index contributed by atoms with van der Waals surface area (Å²) < 4.78 is 6.36. The Morgan fingerprint density at radius 1 is 1.00 bits per heavy atom. The molecule has 146 valence electrons. The topological polar surface area (TPSA) is 9.23 Å². The van der Waals surface area contributed by atoms with Crippen LogP contribution in [0.25, 0.3) is 5.57 Å². The summed E-state index contributed by atoms with van der Waals surface area (Å²) in [5, 5.41) is 0.272. The highest BCUT2D eigenvalue weighted by atomic mass is 28.4. The van der Waals surface area contributed by atoms with Gasteiger partial charge in [0, 0.05) is 12.2 Å². The molecule has 0 spiro atoms. The van der Waals surface area contributed by atoms with E-state index in [1.807, 2.05) is 0 Å². The van der Waals surface area contributed by atoms with Gasteiger partial charge in [0.2, 0.25) is 0 Å². The van der Waals surface area contributed by atoms with Crippen LogP contribution in [0, 0.1) is 5.41 Å². The van der Waals surface area contributed by atoms with Crippen LogP contribution < -0.4 is 0 Å². The molecule has 1 rings (SSSR count). The Balaban J connectivity index is 2.88. The molecule has 0 radical (unpaired) electrons. The van der Waals surface area contributed by atoms with Crippen LogP contribution in [0.4, 0.5) is 0 Å². The lowest BCUT2D eigenvalue weighted by atomic mass is 9.88. The predicted octanol–water partition coefficient (Wildman–Crippen LogP) is 7.85. The minimum absolute atomic E-state index is 0.272. The van der Waals surface area contributed by atoms with Gasteiger partial charge < -0.3 is 4.43 Å². The zero-order chi connectivity index (χ0) is 20.0. The summed E-state index contributed by atoms with van der Waals surface area (Å²) in [7, 11) is -1.65. The molecule has 0 aliphatic heterocycles. The average molecular weight is 373 g/mol. The zero-order valence-electron chi connectivity index (χ0n) is 18.6. The summed E-state index contributed by atoms with van der Waals surface area (Å²) in [4.78, 5) is 0. The summed E-state index contributed by atoms with van der Waals surface area (Å²) in [6, 6.07) is 10.7. The number of hydrogen-bond acceptors (Lipinski definition) is 1. The normalized spacial score (nSPS) is 12.7. The summed E-state index contributed by atoms with van der Waals surface area (Å²) in [6.45, 7) is 21.5. The first kappa shape index (κ1) is 23.0. The van der Waals surface area contributed by atoms with Crippen LogP contribution >= 0.6 is 0 Å². The summed E-state index contributed by atoms with van der Waals surface area (Å²) >= 11 is 0. The van der Waals surface area contributed by atoms with E-state index in [9.17, 15) is 0 Å². The van der Waals surface area contributed by atoms with Gasteiger partial charge in [-0.1, -0.05) is 71.9 Å². The van der Waals surface area contributed by atoms with E-state index in [1.165, 1.54) is 16.7 Å². The summed E-state index contributed by atoms with van der Waals surface area (Å²) in [5.74, 6) is 0. The molecule has 0 aromatic heterocycles. The Morgan fingerprint density at radius 2 is 1.58 bits per heavy atom. The van der Waals surface area contributed by atoms with E-state index >= 15 is 0 Å². The third-order valence-corrected chi connectivity index (χ3v) is 9.66. The van der Waals surface area contributed by atoms with Gasteiger partial charge in [-0.05, 0) is 60.9 Å². The first-order valence-corrected chi connectivity index (χ1v) is 12.9. The van der Waals surface area contributed by atoms with Gasteiger partial charge in [-0.3, -0.25) is 0 Å². The van der Waals surface area contributed by atoms with E-state index in [-0.39, 0.29) is 5.04 Å². The van der Waals surface area contributed by atoms with Crippen molar-refractivity contribution in [2.24, 2.45) is 5.41 Å². The van der Waals surface area contributed by atoms with Crippen LogP contribution in [0.2, 0.25) is 18.1 Å². The molecule has 0 saturated heterocycles. The molecule has 1 nitrogen and oxygen atoms in total. The Kier molecular flexibility index (Phi) is 8.14. The molecule has 0 heterocycles. The quantitative estimate of drug-likeness (QED) is 0.269. The second-order valence-electron chi connectivity index (χ2n) is 10.2. The molecular formula is C24H40OSi. The fourth-order valence-corrected chi connectivity index (χ4v) is 3.90. The monoisotopic (exact) mass is 372 g/mol. The van der Waals surface area contributed by atoms with E-state index in [2.05, 4.69) is 97.6 Å². The summed E-state index contributed by atoms with van der Waals surface area (Å²) in [5.41, 5.74) is 7.93. The van der Waals surface area contributed by atoms with Crippen LogP contribution in [0.5, 0.6) is 0 Å². The number of allylic oxidation sites excluding steroid dienone is 1. The Morgan fingerprint density at radius 3 is 2.08 bits per heavy atom. The molecule has 0 atom stereocenters. The van der Waals surface area contributed by atoms with Gasteiger partial charge in [0.25, 0.3) is 0 Å². The second-order valence-corrected chi connectivity index (χ2v) is 15.0. The van der Waals surface area contributed by atoms with Crippen LogP contribution in [-0.4, -0.2) is 14.9 Å². The molecule has 1 aromatic carbocycles. The van der Waals surface area contributed by atoms with Crippen LogP contribution in [-0.2, 0) is 4.43 Å². The molecule has 0 N–H and O–H groups in total. The lowest BCUT2D eigenvalue weighted by Gasteiger charge is -2.36. The standard InChI is InChI=1S/C24H40OSi/c1-20(19-23(2,3)4)18-22(21-14-11-10-12-15-21)16-13-17-25-26(8,9)24(5,6)7/h10-12,14-15H,13,16-17,19H2,1-9H3. The minimum Gasteiger partial charge on any atom is -0.417 e. The van der Waals surface area contributed by atoms with Crippen LogP contribution in [0.3, 0.4) is 0 Å². The number of benzene rings is 1. The van der Waals surface area contributed by atoms with Gasteiger partial charge in [0.15, 0.2) is 8.32 Å². The van der Waals surface area contributed by atoms with E-state index in [0.717, 1.165) is 25.9 Å². The molecule has 0 bridgehead atoms. The van der Waals surface area contributed by atoms with Crippen molar-refractivity contribution in [3.8, 4) is 0 Å². The molecule has 2 heteroatoms. The average Bonchev–Trinajstić information content (AvgIpc) is 2.48. The molecule has 0 amide bonds. The van der Waals surface area contributed by atoms with Crippen molar-refractivity contribution in [2.75, 3.05) is 6.61 Å². The van der Waals surface area contributed by atoms with Crippen molar-refractivity contribution in [1.29, 1.82) is 0 Å². The lowest BCUT2D eigenvalue weighted by molar-refractivity contribution is 0.284. The van der Waals surface area contributed by atoms with Crippen molar-refractivity contribution in [3.63, 3.8) is 0 Å². The third kappa shape index (κ3) is 8.08. The van der Waals surface area contributed by atoms with Crippen molar-refractivity contribution in [1.82, 2.24) is 0 Å². The molecule has 0 fully saturated rings. The molecule has 1 aromatic rings. The molecule has 0 aliphatic rings. The minimum atomic E-state index is -1.65. The van der Waals surface area contributed by atoms with Gasteiger partial charge in [-0.15, -0.1) is 5.73 Å². The third-order valence-electron chi connectivity index (χ3n) is 5.12. The Bertz CT molecular complexity index is 620. The van der Waals surface area contributed by atoms with E-state index < -0.39 is 8.32 Å². The highest BCUT2D eigenvalue weighted by molar-refractivity contribution is 6.74. The van der Waals surface area contributed by atoms with Crippen molar-refractivity contribution in [2.45, 2.75) is 85.9 Å². The lowest BCUT2D eigenvalue weighted by Crippen LogP contribution is -2.40. The van der Waals surface area contributed by atoms with E-state index in [0.29, 0.717) is 5.41 Å². The van der Waals surface area contributed by atoms with Gasteiger partial charge in [0.05, 0.1) is 0 Å². The molecule has 0 aliphatic carbocycles. The number of rotatable bonds is 7. The van der Waals surface area contributed by atoms with Crippen molar-refractivity contribution < 1.29 is 4.43 Å². The van der Waals surface area contributed by atoms with E-state index in [4.69, 9.17) is 4.43 Å². The number of hydrogen-bond donors (Lipinski definition) is 0. The second kappa shape index (κ2) is 9.22. The van der Waals surface area contributed by atoms with Crippen LogP contribution in [0.1, 0.15) is 73.3 Å². The molecule has 0 saturated carbocycles. The van der Waals surface area contributed by atoms with Crippen LogP contribution in [0.15, 0.2) is 41.6 Å². The highest BCUT2D eigenvalue weighted by Gasteiger charge is 2.36. The highest BCUT2D eigenvalue weighted by Crippen LogP contribution is 2.36. The van der Waals surface area contributed by atoms with Gasteiger partial charge in [-0.25, -0.2) is 0 Å². The fourth-order valence-electron chi connectivity index (χ4n) is 2.81. The first-order chi connectivity index (χ1) is 11.8. The maximum atomic E-state index is 6.36. The van der Waals surface area contributed by atoms with Crippen molar-refractivity contribution >= 4 is 13.9 Å². The SMILES string of the molecule is CC(=C=C(CCCO[Si](C)(C)C(C)(C)C)c1ccccc1)CC(C)(C)C. The molecule has 0 unspecified atom stereocenters. The molecular weight excluding hydrogens is 332 g/mol. The van der Waals surface area contributed by atoms with Gasteiger partial charge >= 0.3 is 0 Å². The largest absolute Gasteiger partial charge is 0.417 e. The fraction of sp³-hybridized carbons (Fsp3) is 0.625. The Hall–Kier alpha value is -1.08. The summed E-state index contributed by atoms with van der Waals surface area (Å²) in [6.07, 6.45) is 3.14. The maximum Gasteiger partial charge on any atom is 0.191 e. The van der Waals surface area contributed by atoms with Gasteiger partial charge in [0.1, 0.15) is 0 Å². The van der Waals surface area contributed by atoms with Crippen molar-refractivity contribution in [3.05, 3.63) is 47.2 Å².